The fourth-order valence-corrected chi connectivity index (χ4v) is 2.19. The van der Waals surface area contributed by atoms with E-state index in [4.69, 9.17) is 16.3 Å². The maximum Gasteiger partial charge on any atom is 0.321 e. The summed E-state index contributed by atoms with van der Waals surface area (Å²) in [5, 5.41) is 15.9. The molecule has 2 rings (SSSR count). The van der Waals surface area contributed by atoms with Gasteiger partial charge in [0.25, 0.3) is 5.69 Å². The summed E-state index contributed by atoms with van der Waals surface area (Å²) in [6, 6.07) is 8.91. The predicted octanol–water partition coefficient (Wildman–Crippen LogP) is 4.02. The van der Waals surface area contributed by atoms with Crippen molar-refractivity contribution in [2.24, 2.45) is 0 Å². The normalized spacial score (nSPS) is 10.1. The third-order valence-electron chi connectivity index (χ3n) is 3.20. The minimum absolute atomic E-state index is 0.0533. The summed E-state index contributed by atoms with van der Waals surface area (Å²) in [5.41, 5.74) is 2.06. The van der Waals surface area contributed by atoms with Crippen LogP contribution >= 0.6 is 11.6 Å². The number of halogens is 1. The van der Waals surface area contributed by atoms with E-state index >= 15 is 0 Å². The van der Waals surface area contributed by atoms with Gasteiger partial charge in [-0.15, -0.1) is 0 Å². The lowest BCUT2D eigenvalue weighted by Gasteiger charge is -2.12. The zero-order valence-corrected chi connectivity index (χ0v) is 13.9. The molecule has 0 unspecified atom stereocenters. The molecule has 7 nitrogen and oxygen atoms in total. The Morgan fingerprint density at radius 3 is 2.67 bits per heavy atom. The van der Waals surface area contributed by atoms with Crippen molar-refractivity contribution >= 4 is 29.0 Å². The van der Waals surface area contributed by atoms with E-state index in [0.29, 0.717) is 5.75 Å². The van der Waals surface area contributed by atoms with E-state index in [1.165, 1.54) is 18.2 Å². The van der Waals surface area contributed by atoms with Gasteiger partial charge in [-0.25, -0.2) is 4.79 Å². The Bertz CT molecular complexity index is 780. The minimum Gasteiger partial charge on any atom is -0.473 e. The zero-order chi connectivity index (χ0) is 17.7. The molecule has 24 heavy (non-hydrogen) atoms. The SMILES string of the molecule is Cc1ccc(OCNC(=O)Nc2cc([N+](=O)[O-])ccc2Cl)c(C)c1. The molecule has 0 radical (unpaired) electrons. The molecule has 8 heteroatoms. The maximum atomic E-state index is 11.8. The van der Waals surface area contributed by atoms with Crippen molar-refractivity contribution < 1.29 is 14.5 Å². The quantitative estimate of drug-likeness (QED) is 0.484. The van der Waals surface area contributed by atoms with Gasteiger partial charge in [-0.1, -0.05) is 29.3 Å². The van der Waals surface area contributed by atoms with E-state index in [9.17, 15) is 14.9 Å². The number of hydrogen-bond acceptors (Lipinski definition) is 4. The predicted molar refractivity (Wildman–Crippen MR) is 91.7 cm³/mol. The molecule has 0 atom stereocenters. The second-order valence-corrected chi connectivity index (χ2v) is 5.52. The maximum absolute atomic E-state index is 11.8. The van der Waals surface area contributed by atoms with Crippen molar-refractivity contribution in [2.75, 3.05) is 12.0 Å². The highest BCUT2D eigenvalue weighted by atomic mass is 35.5. The van der Waals surface area contributed by atoms with Crippen LogP contribution in [0, 0.1) is 24.0 Å². The topological polar surface area (TPSA) is 93.5 Å². The Morgan fingerprint density at radius 2 is 2.00 bits per heavy atom. The standard InChI is InChI=1S/C16H16ClN3O4/c1-10-3-6-15(11(2)7-10)24-9-18-16(21)19-14-8-12(20(22)23)4-5-13(14)17/h3-8H,9H2,1-2H3,(H2,18,19,21). The molecule has 0 aliphatic rings. The number of nitro groups is 1. The highest BCUT2D eigenvalue weighted by molar-refractivity contribution is 6.33. The molecule has 0 aliphatic heterocycles. The van der Waals surface area contributed by atoms with E-state index in [2.05, 4.69) is 10.6 Å². The first-order chi connectivity index (χ1) is 11.4. The molecule has 0 saturated heterocycles. The van der Waals surface area contributed by atoms with E-state index in [1.807, 2.05) is 32.0 Å². The van der Waals surface area contributed by atoms with Crippen molar-refractivity contribution in [1.29, 1.82) is 0 Å². The lowest BCUT2D eigenvalue weighted by Crippen LogP contribution is -2.32. The summed E-state index contributed by atoms with van der Waals surface area (Å²) in [7, 11) is 0. The molecule has 0 aliphatic carbocycles. The summed E-state index contributed by atoms with van der Waals surface area (Å²) in [5.74, 6) is 0.661. The third kappa shape index (κ3) is 4.60. The molecule has 0 bridgehead atoms. The Balaban J connectivity index is 1.92. The van der Waals surface area contributed by atoms with Crippen LogP contribution in [0.25, 0.3) is 0 Å². The highest BCUT2D eigenvalue weighted by Gasteiger charge is 2.12. The van der Waals surface area contributed by atoms with Crippen molar-refractivity contribution in [3.05, 3.63) is 62.7 Å². The first-order valence-corrected chi connectivity index (χ1v) is 7.43. The Labute approximate surface area is 143 Å². The summed E-state index contributed by atoms with van der Waals surface area (Å²) in [6.45, 7) is 3.83. The van der Waals surface area contributed by atoms with Crippen LogP contribution in [0.15, 0.2) is 36.4 Å². The number of hydrogen-bond donors (Lipinski definition) is 2. The molecule has 0 fully saturated rings. The molecular formula is C16H16ClN3O4. The van der Waals surface area contributed by atoms with Gasteiger partial charge in [0.2, 0.25) is 0 Å². The number of carbonyl (C=O) groups is 1. The highest BCUT2D eigenvalue weighted by Crippen LogP contribution is 2.26. The van der Waals surface area contributed by atoms with Crippen LogP contribution in [0.2, 0.25) is 5.02 Å². The van der Waals surface area contributed by atoms with E-state index in [1.54, 1.807) is 0 Å². The van der Waals surface area contributed by atoms with Gasteiger partial charge < -0.3 is 15.4 Å². The van der Waals surface area contributed by atoms with Crippen LogP contribution in [0.4, 0.5) is 16.2 Å². The van der Waals surface area contributed by atoms with Crippen molar-refractivity contribution in [3.63, 3.8) is 0 Å². The average molecular weight is 350 g/mol. The van der Waals surface area contributed by atoms with Gasteiger partial charge in [0.15, 0.2) is 6.73 Å². The number of nitro benzene ring substituents is 1. The van der Waals surface area contributed by atoms with Crippen molar-refractivity contribution in [3.8, 4) is 5.75 Å². The van der Waals surface area contributed by atoms with Gasteiger partial charge in [0.05, 0.1) is 15.6 Å². The van der Waals surface area contributed by atoms with Crippen LogP contribution in [0.1, 0.15) is 11.1 Å². The molecule has 0 saturated carbocycles. The number of anilines is 1. The first kappa shape index (κ1) is 17.6. The second-order valence-electron chi connectivity index (χ2n) is 5.11. The fraction of sp³-hybridized carbons (Fsp3) is 0.188. The summed E-state index contributed by atoms with van der Waals surface area (Å²) in [6.07, 6.45) is 0. The molecular weight excluding hydrogens is 334 g/mol. The summed E-state index contributed by atoms with van der Waals surface area (Å²) >= 11 is 5.91. The van der Waals surface area contributed by atoms with Crippen LogP contribution < -0.4 is 15.4 Å². The van der Waals surface area contributed by atoms with E-state index < -0.39 is 11.0 Å². The van der Waals surface area contributed by atoms with Crippen molar-refractivity contribution in [1.82, 2.24) is 5.32 Å². The second kappa shape index (κ2) is 7.65. The first-order valence-electron chi connectivity index (χ1n) is 7.05. The average Bonchev–Trinajstić information content (AvgIpc) is 2.51. The van der Waals surface area contributed by atoms with E-state index in [0.717, 1.165) is 11.1 Å². The number of urea groups is 1. The smallest absolute Gasteiger partial charge is 0.321 e. The van der Waals surface area contributed by atoms with E-state index in [-0.39, 0.29) is 23.1 Å². The minimum atomic E-state index is -0.581. The summed E-state index contributed by atoms with van der Waals surface area (Å²) in [4.78, 5) is 22.0. The van der Waals surface area contributed by atoms with Gasteiger partial charge in [-0.05, 0) is 31.5 Å². The van der Waals surface area contributed by atoms with Crippen molar-refractivity contribution in [2.45, 2.75) is 13.8 Å². The number of non-ortho nitro benzene ring substituents is 1. The number of carbonyl (C=O) groups excluding carboxylic acids is 1. The molecule has 0 heterocycles. The number of ether oxygens (including phenoxy) is 1. The molecule has 2 aromatic carbocycles. The van der Waals surface area contributed by atoms with Gasteiger partial charge in [-0.3, -0.25) is 10.1 Å². The number of amides is 2. The molecule has 0 spiro atoms. The largest absolute Gasteiger partial charge is 0.473 e. The van der Waals surface area contributed by atoms with Crippen LogP contribution in [0.3, 0.4) is 0 Å². The Hall–Kier alpha value is -2.80. The zero-order valence-electron chi connectivity index (χ0n) is 13.1. The van der Waals surface area contributed by atoms with Gasteiger partial charge in [0, 0.05) is 12.1 Å². The number of benzene rings is 2. The molecule has 2 aromatic rings. The third-order valence-corrected chi connectivity index (χ3v) is 3.53. The number of nitrogens with zero attached hydrogens (tertiary/aromatic N) is 1. The van der Waals surface area contributed by atoms with Crippen LogP contribution in [-0.4, -0.2) is 17.7 Å². The van der Waals surface area contributed by atoms with Gasteiger partial charge >= 0.3 is 6.03 Å². The Morgan fingerprint density at radius 1 is 1.25 bits per heavy atom. The fourth-order valence-electron chi connectivity index (χ4n) is 2.03. The van der Waals surface area contributed by atoms with Gasteiger partial charge in [0.1, 0.15) is 5.75 Å². The lowest BCUT2D eigenvalue weighted by atomic mass is 10.1. The Kier molecular flexibility index (Phi) is 5.59. The summed E-state index contributed by atoms with van der Waals surface area (Å²) < 4.78 is 5.48. The molecule has 2 amide bonds. The lowest BCUT2D eigenvalue weighted by molar-refractivity contribution is -0.384. The monoisotopic (exact) mass is 349 g/mol. The number of nitrogens with one attached hydrogen (secondary N) is 2. The molecule has 2 N–H and O–H groups in total. The molecule has 0 aromatic heterocycles. The van der Waals surface area contributed by atoms with Crippen LogP contribution in [0.5, 0.6) is 5.75 Å². The molecule has 126 valence electrons. The number of rotatable bonds is 5. The van der Waals surface area contributed by atoms with Crippen LogP contribution in [-0.2, 0) is 0 Å². The number of aryl methyl sites for hydroxylation is 2. The van der Waals surface area contributed by atoms with Gasteiger partial charge in [-0.2, -0.15) is 0 Å².